The maximum Gasteiger partial charge on any atom is 0.337 e. The van der Waals surface area contributed by atoms with Crippen LogP contribution in [0.5, 0.6) is 0 Å². The number of para-hydroxylation sites is 1. The van der Waals surface area contributed by atoms with Gasteiger partial charge in [-0.2, -0.15) is 5.26 Å². The summed E-state index contributed by atoms with van der Waals surface area (Å²) in [7, 11) is 0. The van der Waals surface area contributed by atoms with Crippen LogP contribution in [0.1, 0.15) is 24.0 Å². The highest BCUT2D eigenvalue weighted by Crippen LogP contribution is 2.43. The van der Waals surface area contributed by atoms with E-state index in [2.05, 4.69) is 16.7 Å². The molecule has 2 N–H and O–H groups in total. The Labute approximate surface area is 225 Å². The zero-order chi connectivity index (χ0) is 26.2. The Hall–Kier alpha value is -3.99. The van der Waals surface area contributed by atoms with Gasteiger partial charge in [0.2, 0.25) is 5.91 Å². The summed E-state index contributed by atoms with van der Waals surface area (Å²) in [6.07, 6.45) is 0. The van der Waals surface area contributed by atoms with Crippen molar-refractivity contribution in [3.63, 3.8) is 0 Å². The number of nitrogens with one attached hydrogen (secondary N) is 2. The van der Waals surface area contributed by atoms with E-state index in [1.54, 1.807) is 43.3 Å². The monoisotopic (exact) mass is 529 g/mol. The lowest BCUT2D eigenvalue weighted by Gasteiger charge is -2.30. The minimum Gasteiger partial charge on any atom is -0.463 e. The fraction of sp³-hybridized carbons (Fsp3) is 0.138. The van der Waals surface area contributed by atoms with Gasteiger partial charge in [0.25, 0.3) is 0 Å². The van der Waals surface area contributed by atoms with E-state index in [9.17, 15) is 14.9 Å². The lowest BCUT2D eigenvalue weighted by molar-refractivity contribution is -0.138. The number of anilines is 1. The van der Waals surface area contributed by atoms with E-state index in [1.165, 1.54) is 11.8 Å². The highest BCUT2D eigenvalue weighted by molar-refractivity contribution is 8.03. The van der Waals surface area contributed by atoms with Crippen molar-refractivity contribution in [1.29, 1.82) is 5.26 Å². The molecule has 8 heteroatoms. The summed E-state index contributed by atoms with van der Waals surface area (Å²) in [6, 6.07) is 27.8. The molecular weight excluding hydrogens is 506 g/mol. The van der Waals surface area contributed by atoms with Crippen LogP contribution < -0.4 is 10.6 Å². The van der Waals surface area contributed by atoms with E-state index >= 15 is 0 Å². The number of nitriles is 1. The van der Waals surface area contributed by atoms with Crippen molar-refractivity contribution in [2.75, 3.05) is 17.7 Å². The van der Waals surface area contributed by atoms with E-state index in [-0.39, 0.29) is 18.3 Å². The summed E-state index contributed by atoms with van der Waals surface area (Å²) in [5.74, 6) is -1.39. The molecule has 0 radical (unpaired) electrons. The molecule has 3 aromatic rings. The first kappa shape index (κ1) is 26.1. The van der Waals surface area contributed by atoms with Crippen molar-refractivity contribution in [2.45, 2.75) is 12.8 Å². The number of amides is 1. The van der Waals surface area contributed by atoms with E-state index in [0.717, 1.165) is 5.56 Å². The standard InChI is InChI=1S/C29H24ClN3O3S/c1-2-36-29(35)26-25(19-13-15-21(30)16-14-19)23(17-31)28(33-27(26)20-9-5-3-6-10-20)37-18-24(34)32-22-11-7-4-8-12-22/h3-16,25,33H,2,18H2,1H3,(H,32,34)/t25-/m1/s1. The maximum atomic E-state index is 13.3. The number of esters is 1. The van der Waals surface area contributed by atoms with Crippen LogP contribution in [0.2, 0.25) is 5.02 Å². The molecule has 4 rings (SSSR count). The molecule has 1 atom stereocenters. The number of dihydropyridines is 1. The number of hydrogen-bond acceptors (Lipinski definition) is 6. The maximum absolute atomic E-state index is 13.3. The number of carbonyl (C=O) groups excluding carboxylic acids is 2. The molecule has 0 spiro atoms. The van der Waals surface area contributed by atoms with Crippen LogP contribution in [-0.4, -0.2) is 24.2 Å². The van der Waals surface area contributed by atoms with Gasteiger partial charge in [-0.25, -0.2) is 4.79 Å². The van der Waals surface area contributed by atoms with Crippen molar-refractivity contribution in [1.82, 2.24) is 5.32 Å². The molecule has 0 saturated carbocycles. The third-order valence-electron chi connectivity index (χ3n) is 5.62. The van der Waals surface area contributed by atoms with Crippen molar-refractivity contribution < 1.29 is 14.3 Å². The lowest BCUT2D eigenvalue weighted by Crippen LogP contribution is -2.29. The van der Waals surface area contributed by atoms with Crippen molar-refractivity contribution in [3.8, 4) is 6.07 Å². The molecule has 0 aliphatic carbocycles. The van der Waals surface area contributed by atoms with E-state index in [4.69, 9.17) is 16.3 Å². The Morgan fingerprint density at radius 1 is 1.03 bits per heavy atom. The second-order valence-electron chi connectivity index (χ2n) is 8.04. The minimum atomic E-state index is -0.711. The zero-order valence-corrected chi connectivity index (χ0v) is 21.6. The van der Waals surface area contributed by atoms with Crippen molar-refractivity contribution in [2.24, 2.45) is 0 Å². The van der Waals surface area contributed by atoms with Gasteiger partial charge >= 0.3 is 5.97 Å². The van der Waals surface area contributed by atoms with Gasteiger partial charge in [-0.15, -0.1) is 0 Å². The number of benzene rings is 3. The Morgan fingerprint density at radius 3 is 2.30 bits per heavy atom. The third kappa shape index (κ3) is 6.23. The summed E-state index contributed by atoms with van der Waals surface area (Å²) in [4.78, 5) is 26.0. The first-order valence-electron chi connectivity index (χ1n) is 11.6. The number of carbonyl (C=O) groups is 2. The van der Waals surface area contributed by atoms with Crippen LogP contribution in [0.3, 0.4) is 0 Å². The largest absolute Gasteiger partial charge is 0.463 e. The molecule has 1 amide bonds. The Bertz CT molecular complexity index is 1380. The SMILES string of the molecule is CCOC(=O)C1=C(c2ccccc2)NC(SCC(=O)Nc2ccccc2)=C(C#N)[C@H]1c1ccc(Cl)cc1. The number of ether oxygens (including phenoxy) is 1. The molecule has 0 saturated heterocycles. The predicted molar refractivity (Wildman–Crippen MR) is 147 cm³/mol. The Kier molecular flexibility index (Phi) is 8.68. The third-order valence-corrected chi connectivity index (χ3v) is 6.89. The van der Waals surface area contributed by atoms with Crippen LogP contribution in [0, 0.1) is 11.3 Å². The van der Waals surface area contributed by atoms with Gasteiger partial charge in [-0.3, -0.25) is 4.79 Å². The smallest absolute Gasteiger partial charge is 0.337 e. The van der Waals surface area contributed by atoms with Crippen LogP contribution in [0.4, 0.5) is 5.69 Å². The second-order valence-corrected chi connectivity index (χ2v) is 9.46. The van der Waals surface area contributed by atoms with Gasteiger partial charge in [0.05, 0.1) is 46.2 Å². The fourth-order valence-electron chi connectivity index (χ4n) is 4.00. The molecule has 1 heterocycles. The van der Waals surface area contributed by atoms with Gasteiger partial charge in [-0.1, -0.05) is 84.0 Å². The molecule has 3 aromatic carbocycles. The van der Waals surface area contributed by atoms with Gasteiger partial charge in [0, 0.05) is 10.7 Å². The first-order valence-corrected chi connectivity index (χ1v) is 13.0. The zero-order valence-electron chi connectivity index (χ0n) is 20.0. The molecule has 0 aromatic heterocycles. The summed E-state index contributed by atoms with van der Waals surface area (Å²) in [5, 5.41) is 17.4. The molecular formula is C29H24ClN3O3S. The van der Waals surface area contributed by atoms with Crippen molar-refractivity contribution >= 4 is 46.6 Å². The molecule has 0 unspecified atom stereocenters. The highest BCUT2D eigenvalue weighted by Gasteiger charge is 2.37. The molecule has 1 aliphatic heterocycles. The predicted octanol–water partition coefficient (Wildman–Crippen LogP) is 6.11. The van der Waals surface area contributed by atoms with Crippen molar-refractivity contribution in [3.05, 3.63) is 117 Å². The number of halogens is 1. The Morgan fingerprint density at radius 2 is 1.68 bits per heavy atom. The second kappa shape index (κ2) is 12.3. The van der Waals surface area contributed by atoms with Crippen LogP contribution >= 0.6 is 23.4 Å². The summed E-state index contributed by atoms with van der Waals surface area (Å²) < 4.78 is 5.44. The van der Waals surface area contributed by atoms with Gasteiger partial charge < -0.3 is 15.4 Å². The number of rotatable bonds is 8. The number of hydrogen-bond donors (Lipinski definition) is 2. The average Bonchev–Trinajstić information content (AvgIpc) is 2.92. The lowest BCUT2D eigenvalue weighted by atomic mass is 9.81. The summed E-state index contributed by atoms with van der Waals surface area (Å²) >= 11 is 7.34. The summed E-state index contributed by atoms with van der Waals surface area (Å²) in [5.41, 5.74) is 3.34. The topological polar surface area (TPSA) is 91.2 Å². The highest BCUT2D eigenvalue weighted by atomic mass is 35.5. The van der Waals surface area contributed by atoms with E-state index < -0.39 is 11.9 Å². The quantitative estimate of drug-likeness (QED) is 0.342. The normalized spacial score (nSPS) is 15.0. The van der Waals surface area contributed by atoms with Gasteiger partial charge in [0.1, 0.15) is 0 Å². The number of allylic oxidation sites excluding steroid dienone is 1. The molecule has 6 nitrogen and oxygen atoms in total. The van der Waals surface area contributed by atoms with Crippen LogP contribution in [-0.2, 0) is 14.3 Å². The number of nitrogens with zero attached hydrogens (tertiary/aromatic N) is 1. The van der Waals surface area contributed by atoms with E-state index in [0.29, 0.717) is 38.1 Å². The van der Waals surface area contributed by atoms with Gasteiger partial charge in [0.15, 0.2) is 0 Å². The molecule has 37 heavy (non-hydrogen) atoms. The minimum absolute atomic E-state index is 0.0621. The van der Waals surface area contributed by atoms with Gasteiger partial charge in [-0.05, 0) is 42.3 Å². The Balaban J connectivity index is 1.77. The van der Waals surface area contributed by atoms with Crippen LogP contribution in [0.25, 0.3) is 5.70 Å². The van der Waals surface area contributed by atoms with E-state index in [1.807, 2.05) is 48.5 Å². The molecule has 0 fully saturated rings. The fourth-order valence-corrected chi connectivity index (χ4v) is 4.97. The average molecular weight is 530 g/mol. The molecule has 1 aliphatic rings. The molecule has 186 valence electrons. The molecule has 0 bridgehead atoms. The first-order chi connectivity index (χ1) is 18.0. The van der Waals surface area contributed by atoms with Crippen LogP contribution in [0.15, 0.2) is 101 Å². The number of thioether (sulfide) groups is 1. The summed E-state index contributed by atoms with van der Waals surface area (Å²) in [6.45, 7) is 1.92.